The van der Waals surface area contributed by atoms with Gasteiger partial charge in [0.15, 0.2) is 0 Å². The Morgan fingerprint density at radius 1 is 1.07 bits per heavy atom. The average molecular weight is 230 g/mol. The van der Waals surface area contributed by atoms with Gasteiger partial charge in [-0.25, -0.2) is 0 Å². The first-order chi connectivity index (χ1) is 6.33. The van der Waals surface area contributed by atoms with Crippen molar-refractivity contribution < 1.29 is 4.79 Å². The molecule has 0 N–H and O–H groups in total. The van der Waals surface area contributed by atoms with E-state index in [2.05, 4.69) is 27.7 Å². The van der Waals surface area contributed by atoms with E-state index in [1.165, 1.54) is 30.1 Å². The van der Waals surface area contributed by atoms with Gasteiger partial charge >= 0.3 is 0 Å². The number of carbonyl (C=O) groups excluding carboxylic acids is 1. The van der Waals surface area contributed by atoms with Gasteiger partial charge < -0.3 is 0 Å². The van der Waals surface area contributed by atoms with Gasteiger partial charge in [0, 0.05) is 0 Å². The van der Waals surface area contributed by atoms with E-state index in [9.17, 15) is 4.79 Å². The fraction of sp³-hybridized carbons (Fsp3) is 0.909. The molecule has 0 bridgehead atoms. The highest BCUT2D eigenvalue weighted by atomic mass is 33.1. The topological polar surface area (TPSA) is 17.1 Å². The summed E-state index contributed by atoms with van der Waals surface area (Å²) in [6, 6.07) is 0. The van der Waals surface area contributed by atoms with E-state index in [1.807, 2.05) is 10.8 Å². The Labute approximate surface area is 94.2 Å². The van der Waals surface area contributed by atoms with Crippen LogP contribution in [0.15, 0.2) is 0 Å². The molecule has 0 unspecified atom stereocenters. The van der Waals surface area contributed by atoms with Crippen molar-refractivity contribution in [2.45, 2.75) is 51.7 Å². The molecule has 3 heteroatoms. The molecule has 1 nitrogen and oxygen atoms in total. The van der Waals surface area contributed by atoms with Gasteiger partial charge in [-0.3, -0.25) is 4.79 Å². The Morgan fingerprint density at radius 2 is 1.57 bits per heavy atom. The van der Waals surface area contributed by atoms with Crippen molar-refractivity contribution >= 4 is 26.7 Å². The maximum atomic E-state index is 12.0. The average Bonchev–Trinajstić information content (AvgIpc) is 1.98. The van der Waals surface area contributed by atoms with E-state index in [4.69, 9.17) is 0 Å². The summed E-state index contributed by atoms with van der Waals surface area (Å²) in [6.45, 7) is 9.05. The Kier molecular flexibility index (Phi) is 2.29. The molecule has 1 saturated heterocycles. The standard InChI is InChI=1S/C11H18OS2/c1-9(2)6-5-7-10(3,4)11(9)8(12)13-14-11/h5-7H2,1-4H3. The molecular formula is C11H18OS2. The zero-order chi connectivity index (χ0) is 10.6. The van der Waals surface area contributed by atoms with E-state index in [-0.39, 0.29) is 15.6 Å². The monoisotopic (exact) mass is 230 g/mol. The highest BCUT2D eigenvalue weighted by Gasteiger charge is 2.67. The van der Waals surface area contributed by atoms with Crippen molar-refractivity contribution in [1.29, 1.82) is 0 Å². The molecule has 1 aliphatic carbocycles. The molecule has 0 aromatic heterocycles. The van der Waals surface area contributed by atoms with Crippen molar-refractivity contribution in [2.24, 2.45) is 10.8 Å². The summed E-state index contributed by atoms with van der Waals surface area (Å²) in [7, 11) is 3.27. The maximum Gasteiger partial charge on any atom is 0.217 e. The van der Waals surface area contributed by atoms with Gasteiger partial charge in [0.1, 0.15) is 4.75 Å². The van der Waals surface area contributed by atoms with Crippen LogP contribution in [0.5, 0.6) is 0 Å². The van der Waals surface area contributed by atoms with Crippen molar-refractivity contribution in [3.63, 3.8) is 0 Å². The van der Waals surface area contributed by atoms with E-state index < -0.39 is 0 Å². The first-order valence-corrected chi connectivity index (χ1v) is 7.39. The van der Waals surface area contributed by atoms with Crippen LogP contribution >= 0.6 is 21.6 Å². The predicted octanol–water partition coefficient (Wildman–Crippen LogP) is 3.88. The Morgan fingerprint density at radius 3 is 1.79 bits per heavy atom. The van der Waals surface area contributed by atoms with E-state index in [0.717, 1.165) is 0 Å². The van der Waals surface area contributed by atoms with Crippen LogP contribution in [0.3, 0.4) is 0 Å². The summed E-state index contributed by atoms with van der Waals surface area (Å²) in [4.78, 5) is 12.0. The Hall–Kier alpha value is 0.370. The molecule has 1 spiro atoms. The summed E-state index contributed by atoms with van der Waals surface area (Å²) in [5.41, 5.74) is 0.337. The molecular weight excluding hydrogens is 212 g/mol. The lowest BCUT2D eigenvalue weighted by Gasteiger charge is -2.61. The van der Waals surface area contributed by atoms with E-state index in [1.54, 1.807) is 0 Å². The van der Waals surface area contributed by atoms with Crippen LogP contribution < -0.4 is 0 Å². The number of carbonyl (C=O) groups is 1. The molecule has 0 aromatic rings. The second-order valence-electron chi connectivity index (χ2n) is 5.76. The molecule has 1 heterocycles. The van der Waals surface area contributed by atoms with E-state index >= 15 is 0 Å². The lowest BCUT2D eigenvalue weighted by atomic mass is 9.57. The summed E-state index contributed by atoms with van der Waals surface area (Å²) < 4.78 is -0.108. The largest absolute Gasteiger partial charge is 0.285 e. The van der Waals surface area contributed by atoms with Gasteiger partial charge in [-0.2, -0.15) is 0 Å². The van der Waals surface area contributed by atoms with Crippen molar-refractivity contribution in [3.05, 3.63) is 0 Å². The quantitative estimate of drug-likeness (QED) is 0.588. The van der Waals surface area contributed by atoms with Gasteiger partial charge in [0.05, 0.1) is 0 Å². The number of rotatable bonds is 0. The van der Waals surface area contributed by atoms with Crippen LogP contribution in [-0.4, -0.2) is 9.86 Å². The molecule has 2 rings (SSSR count). The third kappa shape index (κ3) is 1.09. The molecule has 0 atom stereocenters. The van der Waals surface area contributed by atoms with E-state index in [0.29, 0.717) is 5.12 Å². The second kappa shape index (κ2) is 2.94. The number of hydrogen-bond donors (Lipinski definition) is 0. The minimum absolute atomic E-state index is 0.108. The number of hydrogen-bond acceptors (Lipinski definition) is 3. The highest BCUT2D eigenvalue weighted by molar-refractivity contribution is 8.87. The fourth-order valence-corrected chi connectivity index (χ4v) is 7.01. The molecule has 2 fully saturated rings. The molecule has 80 valence electrons. The van der Waals surface area contributed by atoms with Crippen LogP contribution in [0.1, 0.15) is 47.0 Å². The zero-order valence-corrected chi connectivity index (χ0v) is 11.0. The summed E-state index contributed by atoms with van der Waals surface area (Å²) in [6.07, 6.45) is 3.64. The highest BCUT2D eigenvalue weighted by Crippen LogP contribution is 2.71. The fourth-order valence-electron chi connectivity index (χ4n) is 3.18. The Balaban J connectivity index is 2.45. The third-order valence-electron chi connectivity index (χ3n) is 4.04. The molecule has 0 amide bonds. The van der Waals surface area contributed by atoms with Crippen LogP contribution in [-0.2, 0) is 4.79 Å². The van der Waals surface area contributed by atoms with Crippen LogP contribution in [0.2, 0.25) is 0 Å². The van der Waals surface area contributed by atoms with Crippen LogP contribution in [0.25, 0.3) is 0 Å². The predicted molar refractivity (Wildman–Crippen MR) is 64.3 cm³/mol. The van der Waals surface area contributed by atoms with Gasteiger partial charge in [-0.1, -0.05) is 44.9 Å². The van der Waals surface area contributed by atoms with Crippen LogP contribution in [0.4, 0.5) is 0 Å². The maximum absolute atomic E-state index is 12.0. The second-order valence-corrected chi connectivity index (χ2v) is 8.07. The Bertz CT molecular complexity index is 265. The summed E-state index contributed by atoms with van der Waals surface area (Å²) in [5.74, 6) is 0. The molecule has 1 saturated carbocycles. The lowest BCUT2D eigenvalue weighted by Crippen LogP contribution is -2.62. The first kappa shape index (κ1) is 10.9. The van der Waals surface area contributed by atoms with Gasteiger partial charge in [-0.15, -0.1) is 0 Å². The SMILES string of the molecule is CC1(C)CCCC(C)(C)C12SSC2=O. The molecule has 0 aromatic carbocycles. The molecule has 14 heavy (non-hydrogen) atoms. The zero-order valence-electron chi connectivity index (χ0n) is 9.35. The molecule has 1 aliphatic heterocycles. The minimum Gasteiger partial charge on any atom is -0.285 e. The summed E-state index contributed by atoms with van der Waals surface area (Å²) >= 11 is 0. The third-order valence-corrected chi connectivity index (χ3v) is 7.70. The normalized spacial score (nSPS) is 32.7. The summed E-state index contributed by atoms with van der Waals surface area (Å²) in [5, 5.41) is 0.414. The van der Waals surface area contributed by atoms with Gasteiger partial charge in [-0.05, 0) is 34.5 Å². The van der Waals surface area contributed by atoms with Crippen LogP contribution in [0, 0.1) is 10.8 Å². The minimum atomic E-state index is -0.108. The van der Waals surface area contributed by atoms with Gasteiger partial charge in [0.25, 0.3) is 0 Å². The van der Waals surface area contributed by atoms with Crippen molar-refractivity contribution in [1.82, 2.24) is 0 Å². The first-order valence-electron chi connectivity index (χ1n) is 5.24. The van der Waals surface area contributed by atoms with Crippen molar-refractivity contribution in [3.8, 4) is 0 Å². The molecule has 0 radical (unpaired) electrons. The van der Waals surface area contributed by atoms with Crippen molar-refractivity contribution in [2.75, 3.05) is 0 Å². The smallest absolute Gasteiger partial charge is 0.217 e. The molecule has 2 aliphatic rings. The van der Waals surface area contributed by atoms with Gasteiger partial charge in [0.2, 0.25) is 5.12 Å². The lowest BCUT2D eigenvalue weighted by molar-refractivity contribution is -0.122.